The van der Waals surface area contributed by atoms with Crippen molar-refractivity contribution < 1.29 is 129 Å². The molecule has 0 aliphatic carbocycles. The van der Waals surface area contributed by atoms with E-state index >= 15 is 0 Å². The van der Waals surface area contributed by atoms with Crippen molar-refractivity contribution in [2.75, 3.05) is 0 Å². The minimum Gasteiger partial charge on any atom is -0.415 e. The van der Waals surface area contributed by atoms with Crippen LogP contribution in [-0.2, 0) is 56.0 Å². The number of alkyl halides is 24. The van der Waals surface area contributed by atoms with E-state index in [1.807, 2.05) is 6.07 Å². The van der Waals surface area contributed by atoms with Gasteiger partial charge in [-0.1, -0.05) is 91.0 Å². The third kappa shape index (κ3) is 14.5. The average Bonchev–Trinajstić information content (AvgIpc) is 2.88. The SMILES string of the molecule is FC(F)(F)c1cc([B-](c2cc(C(F)(F)F)cc(C(F)(F)F)c2)(c2cc(C(F)(F)F)cc(C(F)(F)F)c2)c2cc(C(F)(F)F)cc(C(F)(F)F)c2)cc(C(F)(F)F)c1.O=C(C[n+]1ccncc1C(=O)Oc1ccccc1F)c1ccccc1. The van der Waals surface area contributed by atoms with Crippen LogP contribution in [0, 0.1) is 5.82 Å². The Balaban J connectivity index is 0.000000357. The summed E-state index contributed by atoms with van der Waals surface area (Å²) in [6, 6.07) is 5.51. The van der Waals surface area contributed by atoms with Crippen molar-refractivity contribution >= 4 is 39.7 Å². The average molecular weight is 1200 g/mol. The van der Waals surface area contributed by atoms with Crippen LogP contribution in [0.5, 0.6) is 5.75 Å². The van der Waals surface area contributed by atoms with E-state index in [0.29, 0.717) is 5.56 Å². The number of halogens is 25. The highest BCUT2D eigenvalue weighted by molar-refractivity contribution is 7.20. The maximum absolute atomic E-state index is 14.2. The highest BCUT2D eigenvalue weighted by atomic mass is 19.4. The molecule has 0 spiro atoms. The number of Topliss-reactive ketones (excluding diaryl/α,β-unsaturated/α-hetero) is 1. The van der Waals surface area contributed by atoms with Gasteiger partial charge in [-0.2, -0.15) is 132 Å². The second kappa shape index (κ2) is 22.3. The fourth-order valence-corrected chi connectivity index (χ4v) is 8.32. The van der Waals surface area contributed by atoms with Crippen molar-refractivity contribution in [1.29, 1.82) is 0 Å². The van der Waals surface area contributed by atoms with Crippen LogP contribution in [0.25, 0.3) is 0 Å². The number of benzene rings is 6. The van der Waals surface area contributed by atoms with Gasteiger partial charge in [0.15, 0.2) is 17.8 Å². The van der Waals surface area contributed by atoms with Gasteiger partial charge >= 0.3 is 61.1 Å². The summed E-state index contributed by atoms with van der Waals surface area (Å²) < 4.78 is 361. The minimum atomic E-state index is -6.13. The normalized spacial score (nSPS) is 13.1. The Hall–Kier alpha value is -8.15. The molecule has 436 valence electrons. The molecule has 0 amide bonds. The zero-order chi connectivity index (χ0) is 61.6. The van der Waals surface area contributed by atoms with Crippen molar-refractivity contribution in [1.82, 2.24) is 4.98 Å². The maximum atomic E-state index is 14.2. The van der Waals surface area contributed by atoms with Crippen molar-refractivity contribution in [3.05, 3.63) is 208 Å². The number of esters is 1. The molecule has 0 N–H and O–H groups in total. The van der Waals surface area contributed by atoms with E-state index in [0.717, 1.165) is 0 Å². The van der Waals surface area contributed by atoms with E-state index in [2.05, 4.69) is 4.98 Å². The van der Waals surface area contributed by atoms with Crippen molar-refractivity contribution in [3.63, 3.8) is 0 Å². The van der Waals surface area contributed by atoms with Crippen molar-refractivity contribution in [3.8, 4) is 5.75 Å². The highest BCUT2D eigenvalue weighted by Crippen LogP contribution is 2.41. The molecular weight excluding hydrogens is 1170 g/mol. The molecule has 0 saturated carbocycles. The zero-order valence-electron chi connectivity index (χ0n) is 39.7. The van der Waals surface area contributed by atoms with Gasteiger partial charge in [-0.15, -0.1) is 0 Å². The van der Waals surface area contributed by atoms with Gasteiger partial charge in [-0.3, -0.25) is 9.78 Å². The number of nitrogens with zero attached hydrogens (tertiary/aromatic N) is 2. The Morgan fingerprint density at radius 1 is 0.415 bits per heavy atom. The number of carbonyl (C=O) groups is 2. The van der Waals surface area contributed by atoms with E-state index < -0.39 is 206 Å². The molecule has 7 rings (SSSR count). The fraction of sp³-hybridized carbons (Fsp3) is 0.176. The molecule has 1 heterocycles. The van der Waals surface area contributed by atoms with Gasteiger partial charge in [0, 0.05) is 5.56 Å². The van der Waals surface area contributed by atoms with Crippen LogP contribution in [0.15, 0.2) is 146 Å². The second-order valence-electron chi connectivity index (χ2n) is 17.4. The largest absolute Gasteiger partial charge is 0.416 e. The molecule has 1 aromatic heterocycles. The van der Waals surface area contributed by atoms with Crippen molar-refractivity contribution in [2.24, 2.45) is 0 Å². The molecule has 7 aromatic rings. The van der Waals surface area contributed by atoms with E-state index in [9.17, 15) is 119 Å². The lowest BCUT2D eigenvalue weighted by Gasteiger charge is -2.46. The van der Waals surface area contributed by atoms with Gasteiger partial charge in [0.1, 0.15) is 12.3 Å². The summed E-state index contributed by atoms with van der Waals surface area (Å²) >= 11 is 0. The quantitative estimate of drug-likeness (QED) is 0.0361. The zero-order valence-corrected chi connectivity index (χ0v) is 39.7. The van der Waals surface area contributed by atoms with Gasteiger partial charge < -0.3 is 4.74 Å². The molecule has 0 aliphatic rings. The molecule has 0 fully saturated rings. The van der Waals surface area contributed by atoms with Crippen LogP contribution in [0.4, 0.5) is 110 Å². The lowest BCUT2D eigenvalue weighted by Crippen LogP contribution is -2.75. The number of rotatable bonds is 9. The summed E-state index contributed by atoms with van der Waals surface area (Å²) in [6.45, 7) is -0.0613. The minimum absolute atomic E-state index is 0.0510. The lowest BCUT2D eigenvalue weighted by atomic mass is 9.12. The van der Waals surface area contributed by atoms with Gasteiger partial charge in [-0.25, -0.2) is 9.18 Å². The third-order valence-corrected chi connectivity index (χ3v) is 11.9. The number of ketones is 1. The Morgan fingerprint density at radius 2 is 0.707 bits per heavy atom. The number of ether oxygens (including phenoxy) is 1. The molecule has 0 bridgehead atoms. The Morgan fingerprint density at radius 3 is 1.00 bits per heavy atom. The predicted octanol–water partition coefficient (Wildman–Crippen LogP) is 13.8. The number of hydrogen-bond donors (Lipinski definition) is 0. The van der Waals surface area contributed by atoms with Crippen LogP contribution < -0.4 is 31.2 Å². The van der Waals surface area contributed by atoms with Gasteiger partial charge in [0.05, 0.1) is 50.7 Å². The molecule has 6 aromatic carbocycles. The molecule has 5 nitrogen and oxygen atoms in total. The van der Waals surface area contributed by atoms with Gasteiger partial charge in [-0.05, 0) is 36.4 Å². The summed E-state index contributed by atoms with van der Waals surface area (Å²) in [5.74, 6) is -1.79. The standard InChI is InChI=1S/C32H12BF24.C19H14FN2O3/c34-25(35,36)13-1-14(26(37,38)39)6-21(5-13)33(22-7-15(27(40,41)42)2-16(8-22)28(43,44)45,23-9-17(29(46,47)48)3-18(10-23)30(49,50)51)24-11-19(31(52,53)54)4-20(12-24)32(55,56)57;20-15-8-4-5-9-18(15)25-19(24)16-12-21-10-11-22(16)13-17(23)14-6-2-1-3-7-14/h1-12H;1-12H,13H2/q-1;+1. The first-order valence-corrected chi connectivity index (χ1v) is 22.2. The molecular formula is C51H26BF25N2O3. The summed E-state index contributed by atoms with van der Waals surface area (Å²) in [4.78, 5) is 28.6. The van der Waals surface area contributed by atoms with Crippen LogP contribution in [-0.4, -0.2) is 22.9 Å². The number of hydrogen-bond acceptors (Lipinski definition) is 4. The second-order valence-corrected chi connectivity index (χ2v) is 17.4. The molecule has 0 atom stereocenters. The van der Waals surface area contributed by atoms with Crippen LogP contribution >= 0.6 is 0 Å². The topological polar surface area (TPSA) is 60.1 Å². The Kier molecular flexibility index (Phi) is 17.2. The molecule has 82 heavy (non-hydrogen) atoms. The van der Waals surface area contributed by atoms with E-state index in [-0.39, 0.29) is 23.8 Å². The summed E-state index contributed by atoms with van der Waals surface area (Å²) in [5, 5.41) is 0. The predicted molar refractivity (Wildman–Crippen MR) is 237 cm³/mol. The Labute approximate surface area is 442 Å². The van der Waals surface area contributed by atoms with Crippen LogP contribution in [0.1, 0.15) is 65.4 Å². The first-order valence-electron chi connectivity index (χ1n) is 22.2. The smallest absolute Gasteiger partial charge is 0.415 e. The lowest BCUT2D eigenvalue weighted by molar-refractivity contribution is -0.686. The number of carbonyl (C=O) groups excluding carboxylic acids is 2. The monoisotopic (exact) mass is 1200 g/mol. The van der Waals surface area contributed by atoms with Gasteiger partial charge in [0.2, 0.25) is 12.3 Å². The van der Waals surface area contributed by atoms with E-state index in [1.54, 1.807) is 30.3 Å². The van der Waals surface area contributed by atoms with E-state index in [1.165, 1.54) is 41.4 Å². The fourth-order valence-electron chi connectivity index (χ4n) is 8.32. The first kappa shape index (κ1) is 63.0. The maximum Gasteiger partial charge on any atom is 0.416 e. The summed E-state index contributed by atoms with van der Waals surface area (Å²) in [5.41, 5.74) is -29.6. The molecule has 0 unspecified atom stereocenters. The molecule has 0 radical (unpaired) electrons. The molecule has 0 aliphatic heterocycles. The van der Waals surface area contributed by atoms with Crippen LogP contribution in [0.3, 0.4) is 0 Å². The summed E-state index contributed by atoms with van der Waals surface area (Å²) in [7, 11) is 0. The van der Waals surface area contributed by atoms with E-state index in [4.69, 9.17) is 4.74 Å². The number of aromatic nitrogens is 2. The third-order valence-electron chi connectivity index (χ3n) is 11.9. The highest BCUT2D eigenvalue weighted by Gasteiger charge is 2.47. The summed E-state index contributed by atoms with van der Waals surface area (Å²) in [6.07, 6.45) is -50.6. The number of para-hydroxylation sites is 1. The van der Waals surface area contributed by atoms with Crippen molar-refractivity contribution in [2.45, 2.75) is 56.0 Å². The Bertz CT molecular complexity index is 3050. The molecule has 31 heteroatoms. The van der Waals surface area contributed by atoms with Crippen LogP contribution in [0.2, 0.25) is 0 Å². The van der Waals surface area contributed by atoms with Gasteiger partial charge in [0.25, 0.3) is 0 Å². The first-order chi connectivity index (χ1) is 37.4. The molecule has 0 saturated heterocycles.